The molecule has 2 heterocycles. The van der Waals surface area contributed by atoms with Gasteiger partial charge in [0.25, 0.3) is 5.91 Å². The van der Waals surface area contributed by atoms with Crippen molar-refractivity contribution in [3.63, 3.8) is 0 Å². The number of nitrogens with one attached hydrogen (secondary N) is 2. The smallest absolute Gasteiger partial charge is 0.254 e. The molecule has 1 fully saturated rings. The predicted molar refractivity (Wildman–Crippen MR) is 141 cm³/mol. The molecule has 4 rings (SSSR count). The number of Topliss-reactive ketones (excluding diaryl/α,β-unsaturated/α-hetero) is 1. The van der Waals surface area contributed by atoms with Crippen LogP contribution in [0.15, 0.2) is 30.3 Å². The van der Waals surface area contributed by atoms with Gasteiger partial charge < -0.3 is 24.6 Å². The molecule has 0 atom stereocenters. The van der Waals surface area contributed by atoms with Crippen LogP contribution in [-0.4, -0.2) is 68.9 Å². The first-order chi connectivity index (χ1) is 17.1. The average Bonchev–Trinajstić information content (AvgIpc) is 3.16. The third kappa shape index (κ3) is 5.23. The number of morpholine rings is 1. The number of ether oxygens (including phenoxy) is 2. The van der Waals surface area contributed by atoms with Crippen LogP contribution < -0.4 is 15.0 Å². The molecule has 2 aliphatic rings. The molecule has 2 aliphatic heterocycles. The lowest BCUT2D eigenvalue weighted by molar-refractivity contribution is 0.0953. The molecule has 8 heteroatoms. The minimum atomic E-state index is -0.266. The highest BCUT2D eigenvalue weighted by atomic mass is 16.5. The number of carbonyl (C=O) groups is 2. The molecule has 2 aromatic rings. The number of fused-ring (bicyclic) bond motifs is 1. The van der Waals surface area contributed by atoms with Crippen LogP contribution >= 0.6 is 0 Å². The van der Waals surface area contributed by atoms with Crippen molar-refractivity contribution in [3.8, 4) is 5.75 Å². The van der Waals surface area contributed by atoms with Crippen LogP contribution in [0.25, 0.3) is 0 Å². The van der Waals surface area contributed by atoms with E-state index in [2.05, 4.69) is 37.1 Å². The van der Waals surface area contributed by atoms with Gasteiger partial charge in [0.05, 0.1) is 31.9 Å². The molecule has 2 N–H and O–H groups in total. The summed E-state index contributed by atoms with van der Waals surface area (Å²) in [6, 6.07) is 9.63. The van der Waals surface area contributed by atoms with Gasteiger partial charge in [-0.25, -0.2) is 0 Å². The summed E-state index contributed by atoms with van der Waals surface area (Å²) in [5, 5.41) is 11.4. The van der Waals surface area contributed by atoms with E-state index in [1.54, 1.807) is 18.0 Å². The average molecular weight is 493 g/mol. The van der Waals surface area contributed by atoms with E-state index in [1.807, 2.05) is 25.1 Å². The van der Waals surface area contributed by atoms with E-state index in [0.29, 0.717) is 48.8 Å². The van der Waals surface area contributed by atoms with Crippen LogP contribution in [0.4, 0.5) is 5.69 Å². The Morgan fingerprint density at radius 2 is 1.83 bits per heavy atom. The van der Waals surface area contributed by atoms with E-state index in [1.165, 1.54) is 0 Å². The molecule has 8 nitrogen and oxygen atoms in total. The van der Waals surface area contributed by atoms with Gasteiger partial charge in [-0.05, 0) is 53.8 Å². The number of amidine groups is 1. The highest BCUT2D eigenvalue weighted by Gasteiger charge is 2.30. The van der Waals surface area contributed by atoms with Gasteiger partial charge in [-0.2, -0.15) is 0 Å². The number of benzene rings is 2. The first-order valence-electron chi connectivity index (χ1n) is 12.5. The van der Waals surface area contributed by atoms with Crippen molar-refractivity contribution in [2.75, 3.05) is 51.4 Å². The molecule has 192 valence electrons. The fourth-order valence-electron chi connectivity index (χ4n) is 4.62. The Hall–Kier alpha value is -3.39. The van der Waals surface area contributed by atoms with Gasteiger partial charge in [0.1, 0.15) is 11.6 Å². The number of amides is 1. The van der Waals surface area contributed by atoms with Gasteiger partial charge in [-0.15, -0.1) is 0 Å². The molecule has 1 amide bonds. The monoisotopic (exact) mass is 492 g/mol. The van der Waals surface area contributed by atoms with E-state index in [0.717, 1.165) is 29.9 Å². The minimum Gasteiger partial charge on any atom is -0.493 e. The Kier molecular flexibility index (Phi) is 7.36. The number of hydrogen-bond donors (Lipinski definition) is 2. The lowest BCUT2D eigenvalue weighted by Crippen LogP contribution is -2.36. The van der Waals surface area contributed by atoms with Crippen LogP contribution in [0.3, 0.4) is 0 Å². The van der Waals surface area contributed by atoms with Crippen LogP contribution in [-0.2, 0) is 16.7 Å². The largest absolute Gasteiger partial charge is 0.493 e. The third-order valence-corrected chi connectivity index (χ3v) is 6.73. The molecule has 0 radical (unpaired) electrons. The van der Waals surface area contributed by atoms with E-state index in [4.69, 9.17) is 14.9 Å². The van der Waals surface area contributed by atoms with Gasteiger partial charge in [0.15, 0.2) is 5.78 Å². The minimum absolute atomic E-state index is 0.0373. The maximum atomic E-state index is 13.5. The molecule has 0 aromatic heterocycles. The molecule has 0 aliphatic carbocycles. The second kappa shape index (κ2) is 10.3. The van der Waals surface area contributed by atoms with Crippen molar-refractivity contribution in [1.82, 2.24) is 10.2 Å². The van der Waals surface area contributed by atoms with E-state index >= 15 is 0 Å². The normalized spacial score (nSPS) is 15.6. The van der Waals surface area contributed by atoms with Crippen LogP contribution in [0.1, 0.15) is 65.1 Å². The van der Waals surface area contributed by atoms with E-state index in [-0.39, 0.29) is 29.5 Å². The number of anilines is 1. The van der Waals surface area contributed by atoms with Crippen molar-refractivity contribution in [1.29, 1.82) is 5.41 Å². The summed E-state index contributed by atoms with van der Waals surface area (Å²) < 4.78 is 11.2. The number of rotatable bonds is 7. The maximum absolute atomic E-state index is 13.5. The Bertz CT molecular complexity index is 1180. The van der Waals surface area contributed by atoms with Crippen molar-refractivity contribution < 1.29 is 19.1 Å². The summed E-state index contributed by atoms with van der Waals surface area (Å²) in [7, 11) is 1.57. The standard InChI is InChI=1S/C28H36N4O4/c1-6-36-25-13-19-16-32(26(29)22(19)15-23(25)27(34)30-5)17-24(33)18-11-20(28(2,3)4)14-21(12-18)31-7-9-35-10-8-31/h11-15,29H,6-10,16-17H2,1-5H3,(H,30,34). The highest BCUT2D eigenvalue weighted by molar-refractivity contribution is 6.07. The number of nitrogens with zero attached hydrogens (tertiary/aromatic N) is 2. The zero-order valence-corrected chi connectivity index (χ0v) is 21.9. The summed E-state index contributed by atoms with van der Waals surface area (Å²) in [6.45, 7) is 12.2. The van der Waals surface area contributed by atoms with Gasteiger partial charge in [-0.3, -0.25) is 15.0 Å². The van der Waals surface area contributed by atoms with Crippen molar-refractivity contribution in [3.05, 3.63) is 58.1 Å². The molecular formula is C28H36N4O4. The van der Waals surface area contributed by atoms with Gasteiger partial charge in [0.2, 0.25) is 0 Å². The number of hydrogen-bond acceptors (Lipinski definition) is 6. The van der Waals surface area contributed by atoms with E-state index in [9.17, 15) is 9.59 Å². The lowest BCUT2D eigenvalue weighted by atomic mass is 9.85. The molecule has 0 saturated carbocycles. The number of ketones is 1. The zero-order chi connectivity index (χ0) is 26.0. The lowest BCUT2D eigenvalue weighted by Gasteiger charge is -2.31. The third-order valence-electron chi connectivity index (χ3n) is 6.73. The Balaban J connectivity index is 1.60. The topological polar surface area (TPSA) is 95.0 Å². The zero-order valence-electron chi connectivity index (χ0n) is 21.9. The summed E-state index contributed by atoms with van der Waals surface area (Å²) in [6.07, 6.45) is 0. The van der Waals surface area contributed by atoms with Gasteiger partial charge in [0, 0.05) is 43.5 Å². The summed E-state index contributed by atoms with van der Waals surface area (Å²) in [4.78, 5) is 29.9. The Morgan fingerprint density at radius 1 is 1.11 bits per heavy atom. The summed E-state index contributed by atoms with van der Waals surface area (Å²) in [5.41, 5.74) is 4.60. The Morgan fingerprint density at radius 3 is 2.47 bits per heavy atom. The van der Waals surface area contributed by atoms with Crippen LogP contribution in [0.2, 0.25) is 0 Å². The maximum Gasteiger partial charge on any atom is 0.254 e. The fraction of sp³-hybridized carbons (Fsp3) is 0.464. The summed E-state index contributed by atoms with van der Waals surface area (Å²) in [5.74, 6) is 0.430. The van der Waals surface area contributed by atoms with Crippen LogP contribution in [0, 0.1) is 5.41 Å². The quantitative estimate of drug-likeness (QED) is 0.574. The number of carbonyl (C=O) groups excluding carboxylic acids is 2. The molecule has 36 heavy (non-hydrogen) atoms. The van der Waals surface area contributed by atoms with Crippen molar-refractivity contribution in [2.45, 2.75) is 39.7 Å². The molecule has 2 aromatic carbocycles. The van der Waals surface area contributed by atoms with Crippen molar-refractivity contribution >= 4 is 23.2 Å². The second-order valence-corrected chi connectivity index (χ2v) is 10.3. The molecule has 0 spiro atoms. The molecular weight excluding hydrogens is 456 g/mol. The van der Waals surface area contributed by atoms with Gasteiger partial charge >= 0.3 is 0 Å². The van der Waals surface area contributed by atoms with Crippen LogP contribution in [0.5, 0.6) is 5.75 Å². The first-order valence-corrected chi connectivity index (χ1v) is 12.5. The second-order valence-electron chi connectivity index (χ2n) is 10.3. The SMILES string of the molecule is CCOc1cc2c(cc1C(=O)NC)C(=N)N(CC(=O)c1cc(N3CCOCC3)cc(C(C)(C)C)c1)C2. The molecule has 0 unspecified atom stereocenters. The molecule has 1 saturated heterocycles. The molecule has 0 bridgehead atoms. The Labute approximate surface area is 213 Å². The van der Waals surface area contributed by atoms with Gasteiger partial charge in [-0.1, -0.05) is 20.8 Å². The van der Waals surface area contributed by atoms with Crippen molar-refractivity contribution in [2.24, 2.45) is 0 Å². The predicted octanol–water partition coefficient (Wildman–Crippen LogP) is 3.60. The summed E-state index contributed by atoms with van der Waals surface area (Å²) >= 11 is 0. The first kappa shape index (κ1) is 25.7. The highest BCUT2D eigenvalue weighted by Crippen LogP contribution is 2.32. The van der Waals surface area contributed by atoms with E-state index < -0.39 is 0 Å². The fourth-order valence-corrected chi connectivity index (χ4v) is 4.62.